The summed E-state index contributed by atoms with van der Waals surface area (Å²) in [6.45, 7) is 3.31. The van der Waals surface area contributed by atoms with Crippen LogP contribution in [-0.4, -0.2) is 57.2 Å². The molecule has 1 amide bonds. The lowest BCUT2D eigenvalue weighted by Gasteiger charge is -2.25. The van der Waals surface area contributed by atoms with Gasteiger partial charge in [-0.2, -0.15) is 0 Å². The van der Waals surface area contributed by atoms with Gasteiger partial charge in [0.15, 0.2) is 0 Å². The molecular formula is C20H33Cl2N3O3. The molecule has 1 heterocycles. The molecule has 1 aliphatic carbocycles. The van der Waals surface area contributed by atoms with E-state index < -0.39 is 0 Å². The summed E-state index contributed by atoms with van der Waals surface area (Å²) >= 11 is 0. The Bertz CT molecular complexity index is 610. The Morgan fingerprint density at radius 2 is 1.68 bits per heavy atom. The van der Waals surface area contributed by atoms with Crippen molar-refractivity contribution < 1.29 is 14.3 Å². The Labute approximate surface area is 180 Å². The molecule has 1 aromatic carbocycles. The number of hydrogen-bond acceptors (Lipinski definition) is 5. The fourth-order valence-electron chi connectivity index (χ4n) is 4.07. The van der Waals surface area contributed by atoms with Crippen molar-refractivity contribution in [2.75, 3.05) is 45.3 Å². The maximum absolute atomic E-state index is 12.7. The summed E-state index contributed by atoms with van der Waals surface area (Å²) in [5, 5.41) is 0. The SMILES string of the molecule is COc1cc(OC)cc(N2CCCN(C(=O)C[C@@H]3CCC[C@H]3N)CC2)c1.Cl.Cl. The van der Waals surface area contributed by atoms with E-state index in [0.29, 0.717) is 12.3 Å². The highest BCUT2D eigenvalue weighted by Gasteiger charge is 2.28. The monoisotopic (exact) mass is 433 g/mol. The van der Waals surface area contributed by atoms with Crippen LogP contribution in [-0.2, 0) is 4.79 Å². The minimum Gasteiger partial charge on any atom is -0.497 e. The van der Waals surface area contributed by atoms with E-state index in [0.717, 1.165) is 69.0 Å². The molecular weight excluding hydrogens is 401 g/mol. The largest absolute Gasteiger partial charge is 0.497 e. The standard InChI is InChI=1S/C20H31N3O3.2ClH/c1-25-17-12-16(13-18(14-17)26-2)22-7-4-8-23(10-9-22)20(24)11-15-5-3-6-19(15)21;;/h12-15,19H,3-11,21H2,1-2H3;2*1H/t15-,19+;;/m0../s1. The number of amides is 1. The van der Waals surface area contributed by atoms with Crippen molar-refractivity contribution >= 4 is 36.4 Å². The lowest BCUT2D eigenvalue weighted by molar-refractivity contribution is -0.132. The average Bonchev–Trinajstić information content (AvgIpc) is 2.91. The number of nitrogens with two attached hydrogens (primary N) is 1. The van der Waals surface area contributed by atoms with E-state index in [4.69, 9.17) is 15.2 Å². The Kier molecular flexibility index (Phi) is 10.2. The van der Waals surface area contributed by atoms with Crippen LogP contribution >= 0.6 is 24.8 Å². The van der Waals surface area contributed by atoms with Crippen LogP contribution in [0.1, 0.15) is 32.1 Å². The summed E-state index contributed by atoms with van der Waals surface area (Å²) < 4.78 is 10.8. The molecule has 1 aliphatic heterocycles. The van der Waals surface area contributed by atoms with Gasteiger partial charge in [-0.1, -0.05) is 6.42 Å². The predicted molar refractivity (Wildman–Crippen MR) is 117 cm³/mol. The van der Waals surface area contributed by atoms with Gasteiger partial charge in [0, 0.05) is 62.5 Å². The second-order valence-corrected chi connectivity index (χ2v) is 7.35. The van der Waals surface area contributed by atoms with Gasteiger partial charge in [0.25, 0.3) is 0 Å². The van der Waals surface area contributed by atoms with Crippen molar-refractivity contribution in [2.45, 2.75) is 38.1 Å². The van der Waals surface area contributed by atoms with E-state index in [-0.39, 0.29) is 36.8 Å². The number of hydrogen-bond donors (Lipinski definition) is 1. The van der Waals surface area contributed by atoms with Crippen molar-refractivity contribution in [2.24, 2.45) is 11.7 Å². The molecule has 3 rings (SSSR count). The van der Waals surface area contributed by atoms with Gasteiger partial charge >= 0.3 is 0 Å². The number of methoxy groups -OCH3 is 2. The van der Waals surface area contributed by atoms with Crippen LogP contribution in [0.5, 0.6) is 11.5 Å². The first-order valence-electron chi connectivity index (χ1n) is 9.62. The third kappa shape index (κ3) is 6.06. The van der Waals surface area contributed by atoms with Gasteiger partial charge < -0.3 is 25.0 Å². The Hall–Kier alpha value is -1.37. The van der Waals surface area contributed by atoms with E-state index in [1.807, 2.05) is 23.1 Å². The maximum Gasteiger partial charge on any atom is 0.222 e. The summed E-state index contributed by atoms with van der Waals surface area (Å²) in [6.07, 6.45) is 4.88. The van der Waals surface area contributed by atoms with Crippen LogP contribution in [0, 0.1) is 5.92 Å². The molecule has 2 N–H and O–H groups in total. The van der Waals surface area contributed by atoms with Crippen LogP contribution in [0.4, 0.5) is 5.69 Å². The second-order valence-electron chi connectivity index (χ2n) is 7.35. The van der Waals surface area contributed by atoms with Crippen LogP contribution in [0.2, 0.25) is 0 Å². The zero-order valence-electron chi connectivity index (χ0n) is 16.8. The van der Waals surface area contributed by atoms with Gasteiger partial charge in [-0.3, -0.25) is 4.79 Å². The third-order valence-electron chi connectivity index (χ3n) is 5.70. The lowest BCUT2D eigenvalue weighted by atomic mass is 9.99. The molecule has 6 nitrogen and oxygen atoms in total. The Morgan fingerprint density at radius 1 is 1.00 bits per heavy atom. The first-order valence-corrected chi connectivity index (χ1v) is 9.62. The number of benzene rings is 1. The molecule has 0 unspecified atom stereocenters. The van der Waals surface area contributed by atoms with E-state index in [9.17, 15) is 4.79 Å². The summed E-state index contributed by atoms with van der Waals surface area (Å²) in [5.41, 5.74) is 7.21. The number of ether oxygens (including phenoxy) is 2. The van der Waals surface area contributed by atoms with Crippen molar-refractivity contribution in [3.63, 3.8) is 0 Å². The highest BCUT2D eigenvalue weighted by molar-refractivity contribution is 5.85. The Balaban J connectivity index is 0.00000196. The molecule has 8 heteroatoms. The second kappa shape index (κ2) is 11.6. The zero-order valence-corrected chi connectivity index (χ0v) is 18.4. The van der Waals surface area contributed by atoms with Gasteiger partial charge in [-0.25, -0.2) is 0 Å². The lowest BCUT2D eigenvalue weighted by Crippen LogP contribution is -2.37. The van der Waals surface area contributed by atoms with Gasteiger partial charge in [0.1, 0.15) is 11.5 Å². The fourth-order valence-corrected chi connectivity index (χ4v) is 4.07. The van der Waals surface area contributed by atoms with E-state index in [1.165, 1.54) is 0 Å². The van der Waals surface area contributed by atoms with Crippen molar-refractivity contribution in [3.05, 3.63) is 18.2 Å². The van der Waals surface area contributed by atoms with Crippen LogP contribution in [0.15, 0.2) is 18.2 Å². The molecule has 0 bridgehead atoms. The predicted octanol–water partition coefficient (Wildman–Crippen LogP) is 3.10. The van der Waals surface area contributed by atoms with Gasteiger partial charge in [-0.05, 0) is 25.2 Å². The van der Waals surface area contributed by atoms with Crippen molar-refractivity contribution in [1.82, 2.24) is 4.90 Å². The molecule has 1 saturated heterocycles. The smallest absolute Gasteiger partial charge is 0.222 e. The molecule has 2 atom stereocenters. The highest BCUT2D eigenvalue weighted by Crippen LogP contribution is 2.30. The molecule has 1 aromatic rings. The third-order valence-corrected chi connectivity index (χ3v) is 5.70. The van der Waals surface area contributed by atoms with Gasteiger partial charge in [0.05, 0.1) is 14.2 Å². The Morgan fingerprint density at radius 3 is 2.25 bits per heavy atom. The van der Waals surface area contributed by atoms with E-state index >= 15 is 0 Å². The zero-order chi connectivity index (χ0) is 18.5. The number of carbonyl (C=O) groups is 1. The quantitative estimate of drug-likeness (QED) is 0.772. The fraction of sp³-hybridized carbons (Fsp3) is 0.650. The minimum atomic E-state index is 0. The van der Waals surface area contributed by atoms with E-state index in [1.54, 1.807) is 14.2 Å². The van der Waals surface area contributed by atoms with Gasteiger partial charge in [0.2, 0.25) is 5.91 Å². The summed E-state index contributed by atoms with van der Waals surface area (Å²) in [5.74, 6) is 2.19. The number of rotatable bonds is 5. The molecule has 2 fully saturated rings. The number of carbonyl (C=O) groups excluding carboxylic acids is 1. The molecule has 2 aliphatic rings. The summed E-state index contributed by atoms with van der Waals surface area (Å²) in [7, 11) is 3.32. The molecule has 160 valence electrons. The minimum absolute atomic E-state index is 0. The molecule has 0 spiro atoms. The van der Waals surface area contributed by atoms with Crippen molar-refractivity contribution in [3.8, 4) is 11.5 Å². The average molecular weight is 434 g/mol. The number of nitrogens with zero attached hydrogens (tertiary/aromatic N) is 2. The molecule has 0 radical (unpaired) electrons. The highest BCUT2D eigenvalue weighted by atomic mass is 35.5. The van der Waals surface area contributed by atoms with Crippen LogP contribution < -0.4 is 20.1 Å². The van der Waals surface area contributed by atoms with E-state index in [2.05, 4.69) is 4.90 Å². The number of halogens is 2. The van der Waals surface area contributed by atoms with Gasteiger partial charge in [-0.15, -0.1) is 24.8 Å². The normalized spacial score (nSPS) is 22.0. The number of anilines is 1. The molecule has 1 saturated carbocycles. The summed E-state index contributed by atoms with van der Waals surface area (Å²) in [4.78, 5) is 17.0. The molecule has 0 aromatic heterocycles. The first kappa shape index (κ1) is 24.7. The van der Waals surface area contributed by atoms with Crippen LogP contribution in [0.25, 0.3) is 0 Å². The topological polar surface area (TPSA) is 68.0 Å². The summed E-state index contributed by atoms with van der Waals surface area (Å²) in [6, 6.07) is 6.13. The van der Waals surface area contributed by atoms with Crippen molar-refractivity contribution in [1.29, 1.82) is 0 Å². The first-order chi connectivity index (χ1) is 12.6. The van der Waals surface area contributed by atoms with Crippen LogP contribution in [0.3, 0.4) is 0 Å². The molecule has 28 heavy (non-hydrogen) atoms. The maximum atomic E-state index is 12.7.